The topological polar surface area (TPSA) is 33.1 Å². The van der Waals surface area contributed by atoms with Gasteiger partial charge in [0.15, 0.2) is 0 Å². The summed E-state index contributed by atoms with van der Waals surface area (Å²) < 4.78 is 2.16. The number of aromatic nitrogens is 2. The average molecular weight is 292 g/mol. The summed E-state index contributed by atoms with van der Waals surface area (Å²) in [6.45, 7) is 13.5. The van der Waals surface area contributed by atoms with Gasteiger partial charge in [0.25, 0.3) is 0 Å². The molecule has 0 saturated carbocycles. The molecule has 1 fully saturated rings. The van der Waals surface area contributed by atoms with Gasteiger partial charge in [0.2, 0.25) is 0 Å². The van der Waals surface area contributed by atoms with Crippen molar-refractivity contribution < 1.29 is 0 Å². The molecule has 1 atom stereocenters. The Kier molecular flexibility index (Phi) is 6.24. The predicted octanol–water partition coefficient (Wildman–Crippen LogP) is 3.06. The lowest BCUT2D eigenvalue weighted by Gasteiger charge is -2.26. The molecule has 4 heteroatoms. The molecule has 4 nitrogen and oxygen atoms in total. The maximum absolute atomic E-state index is 4.80. The molecule has 1 unspecified atom stereocenters. The molecule has 0 spiro atoms. The van der Waals surface area contributed by atoms with E-state index in [2.05, 4.69) is 54.9 Å². The van der Waals surface area contributed by atoms with Gasteiger partial charge in [-0.3, -0.25) is 9.58 Å². The van der Waals surface area contributed by atoms with Crippen LogP contribution in [0.25, 0.3) is 0 Å². The average Bonchev–Trinajstić information content (AvgIpc) is 2.78. The maximum Gasteiger partial charge on any atom is 0.0764 e. The van der Waals surface area contributed by atoms with Crippen LogP contribution < -0.4 is 5.32 Å². The second kappa shape index (κ2) is 7.95. The highest BCUT2D eigenvalue weighted by Gasteiger charge is 2.21. The second-order valence-electron chi connectivity index (χ2n) is 6.65. The molecule has 0 radical (unpaired) electrons. The molecule has 1 aromatic heterocycles. The molecule has 1 aliphatic heterocycles. The molecular formula is C17H32N4. The monoisotopic (exact) mass is 292 g/mol. The van der Waals surface area contributed by atoms with Crippen molar-refractivity contribution in [3.05, 3.63) is 18.0 Å². The highest BCUT2D eigenvalue weighted by atomic mass is 15.3. The summed E-state index contributed by atoms with van der Waals surface area (Å²) in [6.07, 6.45) is 5.70. The van der Waals surface area contributed by atoms with E-state index in [0.717, 1.165) is 32.5 Å². The lowest BCUT2D eigenvalue weighted by molar-refractivity contribution is 0.235. The van der Waals surface area contributed by atoms with E-state index in [4.69, 9.17) is 5.10 Å². The Morgan fingerprint density at radius 1 is 1.33 bits per heavy atom. The first kappa shape index (κ1) is 16.5. The number of nitrogens with one attached hydrogen (secondary N) is 1. The Balaban J connectivity index is 1.97. The summed E-state index contributed by atoms with van der Waals surface area (Å²) in [6, 6.07) is 3.35. The zero-order valence-corrected chi connectivity index (χ0v) is 14.2. The van der Waals surface area contributed by atoms with Crippen LogP contribution >= 0.6 is 0 Å². The molecule has 0 aromatic carbocycles. The fourth-order valence-electron chi connectivity index (χ4n) is 3.17. The predicted molar refractivity (Wildman–Crippen MR) is 88.4 cm³/mol. The van der Waals surface area contributed by atoms with Gasteiger partial charge in [-0.2, -0.15) is 5.10 Å². The Morgan fingerprint density at radius 2 is 2.10 bits per heavy atom. The van der Waals surface area contributed by atoms with E-state index in [0.29, 0.717) is 18.0 Å². The molecule has 1 aromatic rings. The summed E-state index contributed by atoms with van der Waals surface area (Å²) >= 11 is 0. The molecule has 2 rings (SSSR count). The van der Waals surface area contributed by atoms with Crippen molar-refractivity contribution in [1.29, 1.82) is 0 Å². The molecule has 1 aliphatic rings. The van der Waals surface area contributed by atoms with Gasteiger partial charge < -0.3 is 5.32 Å². The van der Waals surface area contributed by atoms with E-state index >= 15 is 0 Å². The zero-order chi connectivity index (χ0) is 15.2. The Labute approximate surface area is 129 Å². The van der Waals surface area contributed by atoms with Gasteiger partial charge in [-0.05, 0) is 44.3 Å². The molecule has 120 valence electrons. The van der Waals surface area contributed by atoms with Gasteiger partial charge in [0, 0.05) is 25.3 Å². The van der Waals surface area contributed by atoms with Crippen molar-refractivity contribution >= 4 is 0 Å². The SMILES string of the molecule is CCC(CC)n1ccc(CN2CCCNC(C(C)C)C2)n1. The lowest BCUT2D eigenvalue weighted by Crippen LogP contribution is -2.41. The van der Waals surface area contributed by atoms with E-state index in [1.807, 2.05) is 0 Å². The van der Waals surface area contributed by atoms with Gasteiger partial charge in [0.1, 0.15) is 0 Å². The minimum absolute atomic E-state index is 0.549. The summed E-state index contributed by atoms with van der Waals surface area (Å²) in [5.74, 6) is 0.688. The minimum atomic E-state index is 0.549. The van der Waals surface area contributed by atoms with Gasteiger partial charge in [-0.1, -0.05) is 27.7 Å². The van der Waals surface area contributed by atoms with Crippen LogP contribution in [0.3, 0.4) is 0 Å². The first-order valence-corrected chi connectivity index (χ1v) is 8.63. The highest BCUT2D eigenvalue weighted by molar-refractivity contribution is 5.00. The molecule has 0 aliphatic carbocycles. The number of rotatable bonds is 6. The van der Waals surface area contributed by atoms with Crippen LogP contribution in [-0.2, 0) is 6.54 Å². The maximum atomic E-state index is 4.80. The van der Waals surface area contributed by atoms with E-state index in [9.17, 15) is 0 Å². The molecule has 0 bridgehead atoms. The van der Waals surface area contributed by atoms with Crippen molar-refractivity contribution in [2.24, 2.45) is 5.92 Å². The quantitative estimate of drug-likeness (QED) is 0.875. The number of nitrogens with zero attached hydrogens (tertiary/aromatic N) is 3. The highest BCUT2D eigenvalue weighted by Crippen LogP contribution is 2.16. The lowest BCUT2D eigenvalue weighted by atomic mass is 10.0. The Bertz CT molecular complexity index is 409. The van der Waals surface area contributed by atoms with Crippen LogP contribution in [0.4, 0.5) is 0 Å². The summed E-state index contributed by atoms with van der Waals surface area (Å²) in [5, 5.41) is 8.47. The van der Waals surface area contributed by atoms with Crippen molar-refractivity contribution in [1.82, 2.24) is 20.0 Å². The summed E-state index contributed by atoms with van der Waals surface area (Å²) in [7, 11) is 0. The normalized spacial score (nSPS) is 21.1. The van der Waals surface area contributed by atoms with Crippen molar-refractivity contribution in [2.45, 2.75) is 65.6 Å². The summed E-state index contributed by atoms with van der Waals surface area (Å²) in [5.41, 5.74) is 1.21. The fraction of sp³-hybridized carbons (Fsp3) is 0.824. The van der Waals surface area contributed by atoms with E-state index < -0.39 is 0 Å². The van der Waals surface area contributed by atoms with E-state index in [1.165, 1.54) is 18.7 Å². The number of hydrogen-bond acceptors (Lipinski definition) is 3. The Morgan fingerprint density at radius 3 is 2.76 bits per heavy atom. The molecule has 1 N–H and O–H groups in total. The van der Waals surface area contributed by atoms with Gasteiger partial charge in [-0.25, -0.2) is 0 Å². The van der Waals surface area contributed by atoms with Crippen LogP contribution in [0.1, 0.15) is 58.7 Å². The van der Waals surface area contributed by atoms with Crippen LogP contribution in [-0.4, -0.2) is 40.4 Å². The second-order valence-corrected chi connectivity index (χ2v) is 6.65. The fourth-order valence-corrected chi connectivity index (χ4v) is 3.17. The van der Waals surface area contributed by atoms with Crippen molar-refractivity contribution in [3.63, 3.8) is 0 Å². The third-order valence-corrected chi connectivity index (χ3v) is 4.68. The molecule has 0 amide bonds. The molecule has 1 saturated heterocycles. The van der Waals surface area contributed by atoms with Crippen molar-refractivity contribution in [3.8, 4) is 0 Å². The van der Waals surface area contributed by atoms with Crippen LogP contribution in [0, 0.1) is 5.92 Å². The number of hydrogen-bond donors (Lipinski definition) is 1. The van der Waals surface area contributed by atoms with Crippen molar-refractivity contribution in [2.75, 3.05) is 19.6 Å². The smallest absolute Gasteiger partial charge is 0.0764 e. The van der Waals surface area contributed by atoms with E-state index in [-0.39, 0.29) is 0 Å². The first-order valence-electron chi connectivity index (χ1n) is 8.63. The molecular weight excluding hydrogens is 260 g/mol. The van der Waals surface area contributed by atoms with Crippen LogP contribution in [0.5, 0.6) is 0 Å². The standard InChI is InChI=1S/C17H32N4/c1-5-16(6-2)21-11-8-15(19-21)12-20-10-7-9-18-17(13-20)14(3)4/h8,11,14,16-18H,5-7,9-10,12-13H2,1-4H3. The van der Waals surface area contributed by atoms with Gasteiger partial charge in [0.05, 0.1) is 11.7 Å². The van der Waals surface area contributed by atoms with E-state index in [1.54, 1.807) is 0 Å². The van der Waals surface area contributed by atoms with Gasteiger partial charge >= 0.3 is 0 Å². The third kappa shape index (κ3) is 4.55. The molecule has 2 heterocycles. The largest absolute Gasteiger partial charge is 0.312 e. The summed E-state index contributed by atoms with van der Waals surface area (Å²) in [4.78, 5) is 2.56. The van der Waals surface area contributed by atoms with Crippen LogP contribution in [0.2, 0.25) is 0 Å². The minimum Gasteiger partial charge on any atom is -0.312 e. The Hall–Kier alpha value is -0.870. The van der Waals surface area contributed by atoms with Crippen LogP contribution in [0.15, 0.2) is 12.3 Å². The third-order valence-electron chi connectivity index (χ3n) is 4.68. The van der Waals surface area contributed by atoms with Gasteiger partial charge in [-0.15, -0.1) is 0 Å². The zero-order valence-electron chi connectivity index (χ0n) is 14.2. The first-order chi connectivity index (χ1) is 10.1. The molecule has 21 heavy (non-hydrogen) atoms.